The number of benzene rings is 2. The molecule has 1 atom stereocenters. The van der Waals surface area contributed by atoms with Crippen molar-refractivity contribution in [3.8, 4) is 0 Å². The number of rotatable bonds is 6. The summed E-state index contributed by atoms with van der Waals surface area (Å²) < 4.78 is 26.8. The summed E-state index contributed by atoms with van der Waals surface area (Å²) in [7, 11) is 0. The second kappa shape index (κ2) is 9.17. The third kappa shape index (κ3) is 5.00. The average molecular weight is 417 g/mol. The lowest BCUT2D eigenvalue weighted by Gasteiger charge is -2.15. The number of hydrogen-bond acceptors (Lipinski definition) is 4. The standard InChI is InChI=1S/C21H21F2N3O2S/c1-3-10-26-20(28)18(29-21(26)25-16-7-5-4-6-13(16)2)12-19(27)24-17-9-8-14(22)11-15(17)23/h4-9,11,18H,3,10,12H2,1-2H3,(H,24,27)/t18-/m1/s1. The topological polar surface area (TPSA) is 61.8 Å². The van der Waals surface area contributed by atoms with E-state index in [4.69, 9.17) is 0 Å². The number of hydrogen-bond donors (Lipinski definition) is 1. The van der Waals surface area contributed by atoms with Crippen molar-refractivity contribution in [1.29, 1.82) is 0 Å². The zero-order valence-corrected chi connectivity index (χ0v) is 16.9. The lowest BCUT2D eigenvalue weighted by atomic mass is 10.2. The van der Waals surface area contributed by atoms with Crippen LogP contribution in [-0.2, 0) is 9.59 Å². The molecule has 2 amide bonds. The molecule has 0 aliphatic carbocycles. The van der Waals surface area contributed by atoms with Crippen molar-refractivity contribution in [1.82, 2.24) is 4.90 Å². The molecule has 2 aromatic rings. The second-order valence-corrected chi connectivity index (χ2v) is 7.82. The van der Waals surface area contributed by atoms with Crippen LogP contribution in [0.4, 0.5) is 20.2 Å². The van der Waals surface area contributed by atoms with E-state index in [0.717, 1.165) is 29.8 Å². The molecule has 1 aliphatic heterocycles. The van der Waals surface area contributed by atoms with Crippen LogP contribution >= 0.6 is 11.8 Å². The van der Waals surface area contributed by atoms with E-state index < -0.39 is 22.8 Å². The predicted molar refractivity (Wildman–Crippen MR) is 111 cm³/mol. The highest BCUT2D eigenvalue weighted by atomic mass is 32.2. The Morgan fingerprint density at radius 1 is 1.24 bits per heavy atom. The minimum Gasteiger partial charge on any atom is -0.324 e. The van der Waals surface area contributed by atoms with Crippen molar-refractivity contribution < 1.29 is 18.4 Å². The summed E-state index contributed by atoms with van der Waals surface area (Å²) in [6.45, 7) is 4.40. The number of nitrogens with zero attached hydrogens (tertiary/aromatic N) is 2. The van der Waals surface area contributed by atoms with Crippen LogP contribution in [0.3, 0.4) is 0 Å². The van der Waals surface area contributed by atoms with Crippen LogP contribution in [0.5, 0.6) is 0 Å². The van der Waals surface area contributed by atoms with Crippen LogP contribution < -0.4 is 5.32 Å². The number of halogens is 2. The Labute approximate surface area is 172 Å². The highest BCUT2D eigenvalue weighted by Crippen LogP contribution is 2.32. The molecule has 3 rings (SSSR count). The molecule has 152 valence electrons. The molecule has 1 N–H and O–H groups in total. The highest BCUT2D eigenvalue weighted by molar-refractivity contribution is 8.15. The van der Waals surface area contributed by atoms with E-state index in [1.807, 2.05) is 38.1 Å². The van der Waals surface area contributed by atoms with Gasteiger partial charge in [-0.15, -0.1) is 0 Å². The molecule has 29 heavy (non-hydrogen) atoms. The van der Waals surface area contributed by atoms with Gasteiger partial charge in [-0.05, 0) is 37.1 Å². The van der Waals surface area contributed by atoms with Gasteiger partial charge < -0.3 is 5.32 Å². The monoisotopic (exact) mass is 417 g/mol. The Balaban J connectivity index is 1.75. The number of anilines is 1. The van der Waals surface area contributed by atoms with Crippen molar-refractivity contribution >= 4 is 40.1 Å². The molecule has 0 unspecified atom stereocenters. The summed E-state index contributed by atoms with van der Waals surface area (Å²) in [5, 5.41) is 2.31. The second-order valence-electron chi connectivity index (χ2n) is 6.65. The van der Waals surface area contributed by atoms with Gasteiger partial charge in [0.2, 0.25) is 11.8 Å². The Morgan fingerprint density at radius 2 is 2.00 bits per heavy atom. The van der Waals surface area contributed by atoms with Gasteiger partial charge in [0.1, 0.15) is 16.9 Å². The number of carbonyl (C=O) groups excluding carboxylic acids is 2. The first-order valence-corrected chi connectivity index (χ1v) is 10.1. The lowest BCUT2D eigenvalue weighted by molar-refractivity contribution is -0.128. The molecule has 8 heteroatoms. The smallest absolute Gasteiger partial charge is 0.242 e. The summed E-state index contributed by atoms with van der Waals surface area (Å²) in [4.78, 5) is 31.4. The van der Waals surface area contributed by atoms with Crippen LogP contribution in [0.15, 0.2) is 47.5 Å². The largest absolute Gasteiger partial charge is 0.324 e. The van der Waals surface area contributed by atoms with Gasteiger partial charge in [0.15, 0.2) is 5.17 Å². The number of amidine groups is 1. The molecular formula is C21H21F2N3O2S. The molecule has 5 nitrogen and oxygen atoms in total. The number of carbonyl (C=O) groups is 2. The van der Waals surface area contributed by atoms with Crippen LogP contribution in [0.2, 0.25) is 0 Å². The summed E-state index contributed by atoms with van der Waals surface area (Å²) in [5.74, 6) is -2.30. The van der Waals surface area contributed by atoms with Crippen LogP contribution in [0.1, 0.15) is 25.3 Å². The molecule has 1 aliphatic rings. The van der Waals surface area contributed by atoms with Crippen molar-refractivity contribution in [3.05, 3.63) is 59.7 Å². The van der Waals surface area contributed by atoms with Gasteiger partial charge in [-0.3, -0.25) is 14.5 Å². The fourth-order valence-corrected chi connectivity index (χ4v) is 4.08. The summed E-state index contributed by atoms with van der Waals surface area (Å²) in [6.07, 6.45) is 0.617. The Bertz CT molecular complexity index is 965. The minimum atomic E-state index is -0.863. The van der Waals surface area contributed by atoms with Gasteiger partial charge in [-0.25, -0.2) is 13.8 Å². The molecule has 1 heterocycles. The summed E-state index contributed by atoms with van der Waals surface area (Å²) >= 11 is 1.23. The zero-order valence-electron chi connectivity index (χ0n) is 16.1. The third-order valence-corrected chi connectivity index (χ3v) is 5.55. The van der Waals surface area contributed by atoms with Crippen molar-refractivity contribution in [3.63, 3.8) is 0 Å². The highest BCUT2D eigenvalue weighted by Gasteiger charge is 2.38. The fraction of sp³-hybridized carbons (Fsp3) is 0.286. The Morgan fingerprint density at radius 3 is 2.69 bits per heavy atom. The number of aryl methyl sites for hydroxylation is 1. The molecule has 0 saturated carbocycles. The molecule has 0 bridgehead atoms. The molecule has 1 fully saturated rings. The van der Waals surface area contributed by atoms with Crippen molar-refractivity contribution in [2.75, 3.05) is 11.9 Å². The van der Waals surface area contributed by atoms with E-state index in [0.29, 0.717) is 17.8 Å². The lowest BCUT2D eigenvalue weighted by Crippen LogP contribution is -2.34. The van der Waals surface area contributed by atoms with Crippen molar-refractivity contribution in [2.24, 2.45) is 4.99 Å². The molecule has 0 spiro atoms. The number of aliphatic imine (C=N–C) groups is 1. The first-order valence-electron chi connectivity index (χ1n) is 9.26. The first kappa shape index (κ1) is 21.0. The maximum atomic E-state index is 13.8. The number of amides is 2. The SMILES string of the molecule is CCCN1C(=O)[C@@H](CC(=O)Nc2ccc(F)cc2F)SC1=Nc1ccccc1C. The molecule has 2 aromatic carbocycles. The predicted octanol–water partition coefficient (Wildman–Crippen LogP) is 4.64. The van der Waals surface area contributed by atoms with Gasteiger partial charge in [-0.1, -0.05) is 36.9 Å². The molecule has 0 radical (unpaired) electrons. The van der Waals surface area contributed by atoms with Crippen LogP contribution in [0, 0.1) is 18.6 Å². The van der Waals surface area contributed by atoms with Crippen LogP contribution in [-0.4, -0.2) is 33.7 Å². The van der Waals surface area contributed by atoms with E-state index >= 15 is 0 Å². The number of thioether (sulfide) groups is 1. The van der Waals surface area contributed by atoms with Gasteiger partial charge >= 0.3 is 0 Å². The summed E-state index contributed by atoms with van der Waals surface area (Å²) in [5.41, 5.74) is 1.63. The number of nitrogens with one attached hydrogen (secondary N) is 1. The first-order chi connectivity index (χ1) is 13.9. The van der Waals surface area contributed by atoms with Crippen LogP contribution in [0.25, 0.3) is 0 Å². The van der Waals surface area contributed by atoms with E-state index in [2.05, 4.69) is 10.3 Å². The quantitative estimate of drug-likeness (QED) is 0.745. The van der Waals surface area contributed by atoms with E-state index in [-0.39, 0.29) is 18.0 Å². The maximum Gasteiger partial charge on any atom is 0.242 e. The van der Waals surface area contributed by atoms with Crippen molar-refractivity contribution in [2.45, 2.75) is 31.9 Å². The average Bonchev–Trinajstić information content (AvgIpc) is 2.95. The van der Waals surface area contributed by atoms with E-state index in [1.165, 1.54) is 11.8 Å². The fourth-order valence-electron chi connectivity index (χ4n) is 2.91. The zero-order chi connectivity index (χ0) is 21.0. The Kier molecular flexibility index (Phi) is 6.64. The third-order valence-electron chi connectivity index (χ3n) is 4.37. The van der Waals surface area contributed by atoms with Gasteiger partial charge in [-0.2, -0.15) is 0 Å². The molecule has 0 aromatic heterocycles. The van der Waals surface area contributed by atoms with E-state index in [9.17, 15) is 18.4 Å². The molecule has 1 saturated heterocycles. The number of para-hydroxylation sites is 1. The normalized spacial score (nSPS) is 17.8. The Hall–Kier alpha value is -2.74. The van der Waals surface area contributed by atoms with E-state index in [1.54, 1.807) is 4.90 Å². The maximum absolute atomic E-state index is 13.8. The van der Waals surface area contributed by atoms with Gasteiger partial charge in [0.25, 0.3) is 0 Å². The van der Waals surface area contributed by atoms with Gasteiger partial charge in [0, 0.05) is 19.0 Å². The summed E-state index contributed by atoms with van der Waals surface area (Å²) in [6, 6.07) is 10.5. The minimum absolute atomic E-state index is 0.119. The molecular weight excluding hydrogens is 396 g/mol. The van der Waals surface area contributed by atoms with Gasteiger partial charge in [0.05, 0.1) is 11.4 Å².